The van der Waals surface area contributed by atoms with Gasteiger partial charge in [-0.15, -0.1) is 0 Å². The molecule has 0 amide bonds. The average molecular weight is 1360 g/mol. The average Bonchev–Trinajstić information content (AvgIpc) is 0.763. The lowest BCUT2D eigenvalue weighted by Crippen LogP contribution is -2.40. The molecule has 0 unspecified atom stereocenters. The lowest BCUT2D eigenvalue weighted by Gasteiger charge is -2.43. The van der Waals surface area contributed by atoms with Crippen molar-refractivity contribution in [1.82, 2.24) is 0 Å². The molecule has 13 aromatic carbocycles. The van der Waals surface area contributed by atoms with Gasteiger partial charge in [0.2, 0.25) is 0 Å². The highest BCUT2D eigenvalue weighted by molar-refractivity contribution is 5.81. The quantitative estimate of drug-likeness (QED) is 0.0500. The Morgan fingerprint density at radius 2 is 0.198 bits per heavy atom. The van der Waals surface area contributed by atoms with Gasteiger partial charge in [0.1, 0.15) is 0 Å². The van der Waals surface area contributed by atoms with Gasteiger partial charge in [0.25, 0.3) is 0 Å². The summed E-state index contributed by atoms with van der Waals surface area (Å²) >= 11 is 0. The van der Waals surface area contributed by atoms with Crippen molar-refractivity contribution >= 4 is 134 Å². The molecule has 0 aromatic heterocycles. The van der Waals surface area contributed by atoms with Gasteiger partial charge in [-0.25, -0.2) is 0 Å². The molecule has 0 N–H and O–H groups in total. The topological polar surface area (TPSA) is 0 Å². The molecule has 0 nitrogen and oxygen atoms in total. The number of benzene rings is 13. The van der Waals surface area contributed by atoms with Gasteiger partial charge < -0.3 is 0 Å². The van der Waals surface area contributed by atoms with Crippen LogP contribution in [0.25, 0.3) is 134 Å². The van der Waals surface area contributed by atoms with Crippen LogP contribution in [0, 0.1) is 0 Å². The normalized spacial score (nSPS) is 12.5. The second-order valence-corrected chi connectivity index (χ2v) is 28.0. The van der Waals surface area contributed by atoms with Gasteiger partial charge in [0, 0.05) is 0 Å². The first-order chi connectivity index (χ1) is 51.9. The zero-order chi connectivity index (χ0) is 72.6. The molecular formula is C106H88. The molecule has 512 valence electrons. The number of rotatable bonds is 25. The zero-order valence-corrected chi connectivity index (χ0v) is 60.9. The predicted octanol–water partition coefficient (Wildman–Crippen LogP) is 28.8. The summed E-state index contributed by atoms with van der Waals surface area (Å²) in [5.41, 5.74) is 28.2. The van der Waals surface area contributed by atoms with Gasteiger partial charge in [-0.2, -0.15) is 0 Å². The van der Waals surface area contributed by atoms with Crippen molar-refractivity contribution in [1.29, 1.82) is 0 Å². The van der Waals surface area contributed by atoms with E-state index in [0.29, 0.717) is 0 Å². The predicted molar refractivity (Wildman–Crippen MR) is 468 cm³/mol. The second kappa shape index (κ2) is 35.3. The third-order valence-electron chi connectivity index (χ3n) is 20.0. The fourth-order valence-electron chi connectivity index (χ4n) is 12.5. The summed E-state index contributed by atoms with van der Waals surface area (Å²) in [5.74, 6) is 0. The van der Waals surface area contributed by atoms with Gasteiger partial charge in [0.05, 0.1) is 0 Å². The van der Waals surface area contributed by atoms with Gasteiger partial charge >= 0.3 is 0 Å². The van der Waals surface area contributed by atoms with Crippen molar-refractivity contribution in [2.75, 3.05) is 0 Å². The molecule has 0 heteroatoms. The van der Waals surface area contributed by atoms with Crippen LogP contribution in [0.4, 0.5) is 0 Å². The van der Waals surface area contributed by atoms with Crippen LogP contribution in [0.3, 0.4) is 0 Å². The van der Waals surface area contributed by atoms with E-state index in [1.807, 2.05) is 12.1 Å². The summed E-state index contributed by atoms with van der Waals surface area (Å²) in [4.78, 5) is 0. The summed E-state index contributed by atoms with van der Waals surface area (Å²) in [6.45, 7) is 9.46. The van der Waals surface area contributed by atoms with Crippen LogP contribution in [0.15, 0.2) is 328 Å². The molecule has 0 aliphatic heterocycles. The number of hydrogen-bond donors (Lipinski definition) is 0. The molecule has 0 spiro atoms. The smallest absolute Gasteiger partial charge is 0.00120 e. The molecule has 0 atom stereocenters. The molecular weight excluding hydrogens is 1270 g/mol. The van der Waals surface area contributed by atoms with Crippen molar-refractivity contribution in [2.24, 2.45) is 0 Å². The molecule has 0 saturated carbocycles. The van der Waals surface area contributed by atoms with Crippen LogP contribution in [0.1, 0.15) is 161 Å². The van der Waals surface area contributed by atoms with E-state index >= 15 is 0 Å². The first-order valence-corrected chi connectivity index (χ1v) is 36.6. The summed E-state index contributed by atoms with van der Waals surface area (Å²) in [5, 5.41) is 0. The Morgan fingerprint density at radius 1 is 0.113 bits per heavy atom. The van der Waals surface area contributed by atoms with Crippen LogP contribution >= 0.6 is 0 Å². The van der Waals surface area contributed by atoms with Crippen molar-refractivity contribution in [3.05, 3.63) is 461 Å². The highest BCUT2D eigenvalue weighted by atomic mass is 14.4. The van der Waals surface area contributed by atoms with Crippen LogP contribution in [-0.4, -0.2) is 0 Å². The molecule has 0 radical (unpaired) electrons. The molecule has 13 aromatic rings. The van der Waals surface area contributed by atoms with E-state index in [1.54, 1.807) is 0 Å². The van der Waals surface area contributed by atoms with E-state index in [2.05, 4.69) is 477 Å². The fraction of sp³-hybridized carbons (Fsp3) is 0.0566. The summed E-state index contributed by atoms with van der Waals surface area (Å²) < 4.78 is 0. The summed E-state index contributed by atoms with van der Waals surface area (Å²) in [6, 6.07) is 117. The number of hydrogen-bond acceptors (Lipinski definition) is 0. The van der Waals surface area contributed by atoms with Gasteiger partial charge in [-0.3, -0.25) is 0 Å². The Labute approximate surface area is 629 Å². The maximum atomic E-state index is 2.37. The highest BCUT2D eigenvalue weighted by Crippen LogP contribution is 2.44. The zero-order valence-electron chi connectivity index (χ0n) is 60.9. The fourth-order valence-corrected chi connectivity index (χ4v) is 12.5. The largest absolute Gasteiger partial charge is 0.0622 e. The molecule has 106 heavy (non-hydrogen) atoms. The maximum Gasteiger partial charge on any atom is -0.00120 e. The molecule has 0 bridgehead atoms. The monoisotopic (exact) mass is 1360 g/mol. The van der Waals surface area contributed by atoms with Crippen molar-refractivity contribution in [3.63, 3.8) is 0 Å². The van der Waals surface area contributed by atoms with E-state index in [-0.39, 0.29) is 10.8 Å². The highest BCUT2D eigenvalue weighted by Gasteiger charge is 2.39. The molecule has 13 rings (SSSR count). The minimum atomic E-state index is -0.121. The van der Waals surface area contributed by atoms with Crippen molar-refractivity contribution in [3.8, 4) is 0 Å². The van der Waals surface area contributed by atoms with Gasteiger partial charge in [0.15, 0.2) is 0 Å². The Morgan fingerprint density at radius 3 is 0.302 bits per heavy atom. The Kier molecular flexibility index (Phi) is 23.7. The molecule has 0 saturated heterocycles. The Balaban J connectivity index is 0.513. The van der Waals surface area contributed by atoms with E-state index in [0.717, 1.165) is 44.5 Å². The van der Waals surface area contributed by atoms with Gasteiger partial charge in [-0.05, 0) is 144 Å². The lowest BCUT2D eigenvalue weighted by atomic mass is 9.61. The molecule has 0 heterocycles. The molecule has 0 aliphatic carbocycles. The Bertz CT molecular complexity index is 5320. The third kappa shape index (κ3) is 20.6. The Hall–Kier alpha value is -13.0. The van der Waals surface area contributed by atoms with Crippen LogP contribution in [-0.2, 0) is 10.8 Å². The molecule has 0 fully saturated rings. The first-order valence-electron chi connectivity index (χ1n) is 36.6. The summed E-state index contributed by atoms with van der Waals surface area (Å²) in [6.07, 6.45) is 47.8. The van der Waals surface area contributed by atoms with Crippen molar-refractivity contribution < 1.29 is 0 Å². The molecule has 0 aliphatic rings. The van der Waals surface area contributed by atoms with Gasteiger partial charge in [-0.1, -0.05) is 489 Å². The summed E-state index contributed by atoms with van der Waals surface area (Å²) in [7, 11) is 0. The minimum absolute atomic E-state index is 0.120. The second-order valence-electron chi connectivity index (χ2n) is 28.0. The van der Waals surface area contributed by atoms with E-state index in [9.17, 15) is 0 Å². The minimum Gasteiger partial charge on any atom is -0.0622 e. The van der Waals surface area contributed by atoms with E-state index in [4.69, 9.17) is 0 Å². The van der Waals surface area contributed by atoms with Crippen LogP contribution in [0.2, 0.25) is 0 Å². The SMILES string of the molecule is CC(C)(c1ccc(/C=C/c2ccc(/C=C/c3ccc(/C=C/c4ccccc4)cc3)cc2)cc1)C(C)(C)c1ccc(/C=C/c2ccc(/C=C/c3ccc(/C=C/c4ccc(/C=C/c5ccc(/C=C/c6ccc(/C=C/c7ccc(/C=C/c8ccc(/C=C/c9ccccc9)cc8)cc7)cc6)cc5)cc4)cc3)cc2)cc1. The van der Waals surface area contributed by atoms with Crippen LogP contribution < -0.4 is 0 Å². The standard InChI is InChI=1S/C106H88/c1-105(2,103-77-73-101(74-78-103)71-69-99-65-61-97(62-66-99)30-28-86-25-21-84(22-26-86)18-16-82-13-9-6-10-14-82)106(3,4)104-79-75-102(76-80-104)72-70-100-67-63-98(64-68-100)60-59-96-57-55-95(56-58-96)54-53-94-51-49-93(50-52-94)48-47-92-45-43-91(44-46-92)42-41-90-39-37-89(38-40-90)36-35-88-33-31-87(32-34-88)29-27-85-23-19-83(20-24-85)17-15-81-11-7-5-8-12-81/h5-80H,1-4H3/b17-15+,18-16+,29-27+,30-28+,36-35+,42-41+,48-47+,54-53+,60-59+,71-69+,72-70+. The third-order valence-corrected chi connectivity index (χ3v) is 20.0. The van der Waals surface area contributed by atoms with E-state index < -0.39 is 0 Å². The van der Waals surface area contributed by atoms with Crippen LogP contribution in [0.5, 0.6) is 0 Å². The maximum absolute atomic E-state index is 2.37. The van der Waals surface area contributed by atoms with E-state index in [1.165, 1.54) is 89.0 Å². The van der Waals surface area contributed by atoms with Crippen molar-refractivity contribution in [2.45, 2.75) is 38.5 Å². The lowest BCUT2D eigenvalue weighted by molar-refractivity contribution is 0.303. The first kappa shape index (κ1) is 71.4.